The van der Waals surface area contributed by atoms with Gasteiger partial charge in [-0.25, -0.2) is 14.8 Å². The summed E-state index contributed by atoms with van der Waals surface area (Å²) in [6.45, 7) is 1.76. The highest BCUT2D eigenvalue weighted by molar-refractivity contribution is 7.98. The maximum Gasteiger partial charge on any atom is 0.410 e. The van der Waals surface area contributed by atoms with Crippen molar-refractivity contribution in [2.45, 2.75) is 23.8 Å². The molecule has 1 aromatic carbocycles. The fraction of sp³-hybridized carbons (Fsp3) is 0.421. The molecule has 0 spiro atoms. The Labute approximate surface area is 167 Å². The largest absolute Gasteiger partial charge is 0.493 e. The highest BCUT2D eigenvalue weighted by Gasteiger charge is 2.48. The molecule has 2 aliphatic rings. The van der Waals surface area contributed by atoms with Crippen LogP contribution in [-0.2, 0) is 11.3 Å². The third-order valence-electron chi connectivity index (χ3n) is 5.05. The lowest BCUT2D eigenvalue weighted by molar-refractivity contribution is 0.135. The van der Waals surface area contributed by atoms with Crippen LogP contribution in [0.25, 0.3) is 0 Å². The molecule has 3 heterocycles. The second-order valence-electron chi connectivity index (χ2n) is 6.61. The van der Waals surface area contributed by atoms with Gasteiger partial charge in [-0.3, -0.25) is 4.90 Å². The Bertz CT molecular complexity index is 881. The van der Waals surface area contributed by atoms with Gasteiger partial charge in [0.25, 0.3) is 0 Å². The van der Waals surface area contributed by atoms with Crippen molar-refractivity contribution in [3.8, 4) is 11.5 Å². The summed E-state index contributed by atoms with van der Waals surface area (Å²) >= 11 is 1.51. The van der Waals surface area contributed by atoms with Crippen molar-refractivity contribution in [1.82, 2.24) is 14.9 Å². The van der Waals surface area contributed by atoms with Crippen molar-refractivity contribution in [3.63, 3.8) is 0 Å². The highest BCUT2D eigenvalue weighted by Crippen LogP contribution is 2.33. The number of rotatable bonds is 6. The van der Waals surface area contributed by atoms with Crippen LogP contribution in [0.3, 0.4) is 0 Å². The van der Waals surface area contributed by atoms with E-state index in [4.69, 9.17) is 14.2 Å². The molecule has 2 aromatic rings. The number of anilines is 1. The van der Waals surface area contributed by atoms with E-state index in [1.54, 1.807) is 25.3 Å². The van der Waals surface area contributed by atoms with E-state index in [2.05, 4.69) is 14.9 Å². The zero-order valence-corrected chi connectivity index (χ0v) is 16.8. The van der Waals surface area contributed by atoms with E-state index >= 15 is 0 Å². The van der Waals surface area contributed by atoms with Gasteiger partial charge in [0.2, 0.25) is 0 Å². The zero-order chi connectivity index (χ0) is 19.7. The summed E-state index contributed by atoms with van der Waals surface area (Å²) < 4.78 is 16.3. The Morgan fingerprint density at radius 1 is 1.21 bits per heavy atom. The minimum Gasteiger partial charge on any atom is -0.493 e. The van der Waals surface area contributed by atoms with E-state index in [0.29, 0.717) is 31.1 Å². The van der Waals surface area contributed by atoms with Crippen LogP contribution in [0.1, 0.15) is 5.56 Å². The van der Waals surface area contributed by atoms with Crippen molar-refractivity contribution < 1.29 is 19.0 Å². The average Bonchev–Trinajstić information content (AvgIpc) is 3.26. The zero-order valence-electron chi connectivity index (χ0n) is 16.0. The first kappa shape index (κ1) is 18.7. The van der Waals surface area contributed by atoms with E-state index in [-0.39, 0.29) is 18.2 Å². The number of hydrogen-bond acceptors (Lipinski definition) is 8. The van der Waals surface area contributed by atoms with Crippen molar-refractivity contribution in [1.29, 1.82) is 0 Å². The molecule has 0 bridgehead atoms. The molecule has 1 aromatic heterocycles. The van der Waals surface area contributed by atoms with Crippen LogP contribution < -0.4 is 14.4 Å². The van der Waals surface area contributed by atoms with E-state index < -0.39 is 0 Å². The maximum absolute atomic E-state index is 12.4. The lowest BCUT2D eigenvalue weighted by Crippen LogP contribution is -2.37. The number of amides is 1. The summed E-state index contributed by atoms with van der Waals surface area (Å²) in [5.74, 6) is 2.16. The molecule has 148 valence electrons. The smallest absolute Gasteiger partial charge is 0.410 e. The van der Waals surface area contributed by atoms with Crippen LogP contribution in [-0.4, -0.2) is 66.7 Å². The second kappa shape index (κ2) is 7.75. The first-order chi connectivity index (χ1) is 13.6. The lowest BCUT2D eigenvalue weighted by atomic mass is 10.1. The molecule has 0 aliphatic carbocycles. The number of ether oxygens (including phenoxy) is 3. The fourth-order valence-corrected chi connectivity index (χ4v) is 4.01. The van der Waals surface area contributed by atoms with E-state index in [1.807, 2.05) is 30.5 Å². The molecule has 2 aliphatic heterocycles. The second-order valence-corrected chi connectivity index (χ2v) is 7.39. The summed E-state index contributed by atoms with van der Waals surface area (Å²) in [5.41, 5.74) is 0.959. The molecule has 8 nitrogen and oxygen atoms in total. The van der Waals surface area contributed by atoms with Crippen molar-refractivity contribution >= 4 is 23.7 Å². The highest BCUT2D eigenvalue weighted by atomic mass is 32.2. The minimum absolute atomic E-state index is 0.0201. The summed E-state index contributed by atoms with van der Waals surface area (Å²) in [6, 6.07) is 7.54. The van der Waals surface area contributed by atoms with Crippen LogP contribution >= 0.6 is 11.8 Å². The Kier molecular flexibility index (Phi) is 5.17. The molecule has 0 N–H and O–H groups in total. The summed E-state index contributed by atoms with van der Waals surface area (Å²) in [5, 5.41) is 0.730. The van der Waals surface area contributed by atoms with E-state index in [9.17, 15) is 4.79 Å². The third-order valence-corrected chi connectivity index (χ3v) is 5.61. The SMILES string of the molecule is COc1ccc(CN2C(=O)O[C@@H]3CN(c4ccnc(SC)n4)C[C@@H]32)cc1OC. The van der Waals surface area contributed by atoms with Gasteiger partial charge in [-0.1, -0.05) is 17.8 Å². The number of thioether (sulfide) groups is 1. The predicted octanol–water partition coefficient (Wildman–Crippen LogP) is 2.43. The molecule has 0 radical (unpaired) electrons. The molecular weight excluding hydrogens is 380 g/mol. The molecular formula is C19H22N4O4S. The Morgan fingerprint density at radius 3 is 2.79 bits per heavy atom. The third kappa shape index (κ3) is 3.42. The van der Waals surface area contributed by atoms with Crippen LogP contribution in [0.4, 0.5) is 10.6 Å². The van der Waals surface area contributed by atoms with Crippen LogP contribution in [0, 0.1) is 0 Å². The molecule has 9 heteroatoms. The molecule has 0 saturated carbocycles. The van der Waals surface area contributed by atoms with Gasteiger partial charge in [-0.15, -0.1) is 0 Å². The van der Waals surface area contributed by atoms with Gasteiger partial charge in [0.1, 0.15) is 11.9 Å². The summed E-state index contributed by atoms with van der Waals surface area (Å²) in [4.78, 5) is 25.1. The fourth-order valence-electron chi connectivity index (χ4n) is 3.66. The number of fused-ring (bicyclic) bond motifs is 1. The Morgan fingerprint density at radius 2 is 2.04 bits per heavy atom. The van der Waals surface area contributed by atoms with Crippen molar-refractivity contribution in [2.24, 2.45) is 0 Å². The van der Waals surface area contributed by atoms with Crippen molar-refractivity contribution in [3.05, 3.63) is 36.0 Å². The number of hydrogen-bond donors (Lipinski definition) is 0. The van der Waals surface area contributed by atoms with E-state index in [0.717, 1.165) is 16.5 Å². The van der Waals surface area contributed by atoms with Gasteiger partial charge < -0.3 is 19.1 Å². The maximum atomic E-state index is 12.4. The number of carbonyl (C=O) groups is 1. The standard InChI is InChI=1S/C19H22N4O4S/c1-25-14-5-4-12(8-15(14)26-2)9-23-13-10-22(11-16(13)27-19(23)24)17-6-7-20-18(21-17)28-3/h4-8,13,16H,9-11H2,1-3H3/t13-,16+/m0/s1. The van der Waals surface area contributed by atoms with Gasteiger partial charge in [0.05, 0.1) is 26.8 Å². The molecule has 1 amide bonds. The number of carbonyl (C=O) groups excluding carboxylic acids is 1. The number of benzene rings is 1. The van der Waals surface area contributed by atoms with Crippen LogP contribution in [0.5, 0.6) is 11.5 Å². The average molecular weight is 402 g/mol. The predicted molar refractivity (Wildman–Crippen MR) is 105 cm³/mol. The van der Waals surface area contributed by atoms with Gasteiger partial charge in [-0.05, 0) is 30.0 Å². The Balaban J connectivity index is 1.51. The molecule has 2 saturated heterocycles. The summed E-state index contributed by atoms with van der Waals surface area (Å²) in [6.07, 6.45) is 3.26. The van der Waals surface area contributed by atoms with Gasteiger partial charge >= 0.3 is 6.09 Å². The quantitative estimate of drug-likeness (QED) is 0.539. The number of methoxy groups -OCH3 is 2. The monoisotopic (exact) mass is 402 g/mol. The summed E-state index contributed by atoms with van der Waals surface area (Å²) in [7, 11) is 3.20. The van der Waals surface area contributed by atoms with Crippen LogP contribution in [0.15, 0.2) is 35.6 Å². The lowest BCUT2D eigenvalue weighted by Gasteiger charge is -2.23. The van der Waals surface area contributed by atoms with Crippen LogP contribution in [0.2, 0.25) is 0 Å². The topological polar surface area (TPSA) is 77.0 Å². The van der Waals surface area contributed by atoms with Crippen molar-refractivity contribution in [2.75, 3.05) is 38.5 Å². The van der Waals surface area contributed by atoms with E-state index in [1.165, 1.54) is 11.8 Å². The minimum atomic E-state index is -0.281. The molecule has 4 rings (SSSR count). The molecule has 2 atom stereocenters. The molecule has 2 fully saturated rings. The van der Waals surface area contributed by atoms with Gasteiger partial charge in [-0.2, -0.15) is 0 Å². The molecule has 28 heavy (non-hydrogen) atoms. The first-order valence-corrected chi connectivity index (χ1v) is 10.2. The molecule has 0 unspecified atom stereocenters. The van der Waals surface area contributed by atoms with Gasteiger partial charge in [0, 0.05) is 19.3 Å². The normalized spacial score (nSPS) is 20.9. The number of nitrogens with zero attached hydrogens (tertiary/aromatic N) is 4. The van der Waals surface area contributed by atoms with Gasteiger partial charge in [0.15, 0.2) is 16.7 Å². The number of aromatic nitrogens is 2. The first-order valence-electron chi connectivity index (χ1n) is 8.93. The Hall–Kier alpha value is -2.68.